The van der Waals surface area contributed by atoms with Gasteiger partial charge in [0, 0.05) is 36.7 Å². The van der Waals surface area contributed by atoms with Gasteiger partial charge in [-0.05, 0) is 35.7 Å². The number of aromatic amines is 1. The quantitative estimate of drug-likeness (QED) is 0.608. The van der Waals surface area contributed by atoms with Crippen molar-refractivity contribution in [1.29, 1.82) is 0 Å². The number of nitrogens with zero attached hydrogens (tertiary/aromatic N) is 2. The molecule has 0 bridgehead atoms. The Kier molecular flexibility index (Phi) is 5.41. The number of fused-ring (bicyclic) bond motifs is 1. The molecule has 1 aromatic heterocycles. The molecule has 2 aromatic carbocycles. The van der Waals surface area contributed by atoms with Gasteiger partial charge in [-0.1, -0.05) is 30.3 Å². The number of hydrogen-bond acceptors (Lipinski definition) is 5. The molecule has 3 heterocycles. The van der Waals surface area contributed by atoms with Crippen LogP contribution in [0.4, 0.5) is 0 Å². The summed E-state index contributed by atoms with van der Waals surface area (Å²) >= 11 is 0. The molecule has 2 aliphatic heterocycles. The summed E-state index contributed by atoms with van der Waals surface area (Å²) in [4.78, 5) is 33.6. The van der Waals surface area contributed by atoms with Crippen LogP contribution in [0.1, 0.15) is 11.1 Å². The van der Waals surface area contributed by atoms with Crippen LogP contribution in [0.5, 0.6) is 5.75 Å². The SMILES string of the molecule is COc1ccc(C2=C(N3CCOCC3)C(=O)N(CCc3c[nH]c4ccccc34)C2=O)cc1. The Labute approximate surface area is 186 Å². The lowest BCUT2D eigenvalue weighted by Crippen LogP contribution is -2.40. The largest absolute Gasteiger partial charge is 0.497 e. The molecule has 0 atom stereocenters. The van der Waals surface area contributed by atoms with E-state index in [2.05, 4.69) is 11.1 Å². The van der Waals surface area contributed by atoms with Gasteiger partial charge in [0.25, 0.3) is 11.8 Å². The third-order valence-electron chi connectivity index (χ3n) is 6.13. The Bertz CT molecular complexity index is 1190. The number of methoxy groups -OCH3 is 1. The predicted molar refractivity (Wildman–Crippen MR) is 121 cm³/mol. The number of rotatable bonds is 6. The summed E-state index contributed by atoms with van der Waals surface area (Å²) in [5, 5.41) is 1.11. The van der Waals surface area contributed by atoms with Crippen molar-refractivity contribution in [3.63, 3.8) is 0 Å². The van der Waals surface area contributed by atoms with Crippen LogP contribution in [0.25, 0.3) is 16.5 Å². The Morgan fingerprint density at radius 1 is 1.00 bits per heavy atom. The lowest BCUT2D eigenvalue weighted by atomic mass is 10.0. The van der Waals surface area contributed by atoms with E-state index in [0.717, 1.165) is 22.0 Å². The standard InChI is InChI=1S/C25H25N3O4/c1-31-19-8-6-17(7-9-19)22-23(27-12-14-32-15-13-27)25(30)28(24(22)29)11-10-18-16-26-21-5-3-2-4-20(18)21/h2-9,16,26H,10-15H2,1H3. The molecule has 164 valence electrons. The fourth-order valence-electron chi connectivity index (χ4n) is 4.44. The van der Waals surface area contributed by atoms with Gasteiger partial charge in [0.15, 0.2) is 0 Å². The fourth-order valence-corrected chi connectivity index (χ4v) is 4.44. The van der Waals surface area contributed by atoms with Gasteiger partial charge in [-0.15, -0.1) is 0 Å². The molecular weight excluding hydrogens is 406 g/mol. The first-order valence-corrected chi connectivity index (χ1v) is 10.8. The Balaban J connectivity index is 1.45. The van der Waals surface area contributed by atoms with Gasteiger partial charge in [-0.3, -0.25) is 14.5 Å². The van der Waals surface area contributed by atoms with Gasteiger partial charge in [-0.25, -0.2) is 0 Å². The molecule has 2 aliphatic rings. The van der Waals surface area contributed by atoms with Gasteiger partial charge >= 0.3 is 0 Å². The number of benzene rings is 2. The number of carbonyl (C=O) groups is 2. The van der Waals surface area contributed by atoms with Gasteiger partial charge in [0.05, 0.1) is 25.9 Å². The number of aromatic nitrogens is 1. The monoisotopic (exact) mass is 431 g/mol. The summed E-state index contributed by atoms with van der Waals surface area (Å²) in [7, 11) is 1.60. The van der Waals surface area contributed by atoms with Crippen LogP contribution < -0.4 is 4.74 Å². The minimum Gasteiger partial charge on any atom is -0.497 e. The lowest BCUT2D eigenvalue weighted by Gasteiger charge is -2.29. The molecular formula is C25H25N3O4. The number of amides is 2. The molecule has 5 rings (SSSR count). The summed E-state index contributed by atoms with van der Waals surface area (Å²) in [5.41, 5.74) is 3.79. The third kappa shape index (κ3) is 3.54. The second kappa shape index (κ2) is 8.51. The smallest absolute Gasteiger partial charge is 0.277 e. The van der Waals surface area contributed by atoms with Crippen molar-refractivity contribution in [3.8, 4) is 5.75 Å². The zero-order valence-corrected chi connectivity index (χ0v) is 18.0. The van der Waals surface area contributed by atoms with Gasteiger partial charge in [-0.2, -0.15) is 0 Å². The average Bonchev–Trinajstić information content (AvgIpc) is 3.36. The number of para-hydroxylation sites is 1. The van der Waals surface area contributed by atoms with E-state index in [1.54, 1.807) is 7.11 Å². The van der Waals surface area contributed by atoms with Gasteiger partial charge in [0.1, 0.15) is 11.4 Å². The van der Waals surface area contributed by atoms with Crippen LogP contribution in [0.2, 0.25) is 0 Å². The van der Waals surface area contributed by atoms with Crippen molar-refractivity contribution in [1.82, 2.24) is 14.8 Å². The lowest BCUT2D eigenvalue weighted by molar-refractivity contribution is -0.137. The summed E-state index contributed by atoms with van der Waals surface area (Å²) in [6, 6.07) is 15.3. The van der Waals surface area contributed by atoms with E-state index in [9.17, 15) is 9.59 Å². The molecule has 0 aliphatic carbocycles. The van der Waals surface area contributed by atoms with E-state index in [4.69, 9.17) is 9.47 Å². The van der Waals surface area contributed by atoms with Crippen molar-refractivity contribution in [3.05, 3.63) is 71.6 Å². The Hall–Kier alpha value is -3.58. The first kappa shape index (κ1) is 20.3. The highest BCUT2D eigenvalue weighted by molar-refractivity contribution is 6.35. The maximum absolute atomic E-state index is 13.5. The van der Waals surface area contributed by atoms with E-state index in [0.29, 0.717) is 56.3 Å². The van der Waals surface area contributed by atoms with Crippen molar-refractivity contribution in [2.45, 2.75) is 6.42 Å². The Morgan fingerprint density at radius 3 is 2.50 bits per heavy atom. The van der Waals surface area contributed by atoms with Crippen molar-refractivity contribution in [2.75, 3.05) is 40.0 Å². The van der Waals surface area contributed by atoms with Crippen LogP contribution in [-0.4, -0.2) is 66.6 Å². The molecule has 32 heavy (non-hydrogen) atoms. The molecule has 7 heteroatoms. The second-order valence-corrected chi connectivity index (χ2v) is 7.92. The normalized spacial score (nSPS) is 17.0. The highest BCUT2D eigenvalue weighted by atomic mass is 16.5. The highest BCUT2D eigenvalue weighted by Crippen LogP contribution is 2.33. The predicted octanol–water partition coefficient (Wildman–Crippen LogP) is 2.83. The molecule has 7 nitrogen and oxygen atoms in total. The topological polar surface area (TPSA) is 74.9 Å². The molecule has 3 aromatic rings. The number of H-pyrrole nitrogens is 1. The second-order valence-electron chi connectivity index (χ2n) is 7.92. The molecule has 0 radical (unpaired) electrons. The first-order valence-electron chi connectivity index (χ1n) is 10.8. The molecule has 1 N–H and O–H groups in total. The summed E-state index contributed by atoms with van der Waals surface area (Å²) in [6.45, 7) is 2.58. The average molecular weight is 431 g/mol. The van der Waals surface area contributed by atoms with E-state index in [1.807, 2.05) is 53.6 Å². The van der Waals surface area contributed by atoms with Gasteiger partial charge in [0.2, 0.25) is 0 Å². The number of imide groups is 1. The van der Waals surface area contributed by atoms with Crippen LogP contribution in [0.3, 0.4) is 0 Å². The maximum atomic E-state index is 13.5. The zero-order chi connectivity index (χ0) is 22.1. The van der Waals surface area contributed by atoms with Crippen molar-refractivity contribution < 1.29 is 19.1 Å². The number of nitrogens with one attached hydrogen (secondary N) is 1. The zero-order valence-electron chi connectivity index (χ0n) is 18.0. The number of carbonyl (C=O) groups excluding carboxylic acids is 2. The summed E-state index contributed by atoms with van der Waals surface area (Å²) in [6.07, 6.45) is 2.55. The minimum absolute atomic E-state index is 0.234. The van der Waals surface area contributed by atoms with Crippen molar-refractivity contribution in [2.24, 2.45) is 0 Å². The Morgan fingerprint density at radius 2 is 1.75 bits per heavy atom. The molecule has 0 saturated carbocycles. The van der Waals surface area contributed by atoms with E-state index < -0.39 is 0 Å². The van der Waals surface area contributed by atoms with Crippen molar-refractivity contribution >= 4 is 28.3 Å². The van der Waals surface area contributed by atoms with E-state index >= 15 is 0 Å². The van der Waals surface area contributed by atoms with Crippen LogP contribution in [-0.2, 0) is 20.7 Å². The number of ether oxygens (including phenoxy) is 2. The van der Waals surface area contributed by atoms with Crippen LogP contribution in [0, 0.1) is 0 Å². The van der Waals surface area contributed by atoms with Crippen LogP contribution >= 0.6 is 0 Å². The fraction of sp³-hybridized carbons (Fsp3) is 0.280. The van der Waals surface area contributed by atoms with E-state index in [1.165, 1.54) is 4.90 Å². The molecule has 2 amide bonds. The van der Waals surface area contributed by atoms with Crippen LogP contribution in [0.15, 0.2) is 60.4 Å². The first-order chi connectivity index (χ1) is 15.7. The minimum atomic E-state index is -0.249. The summed E-state index contributed by atoms with van der Waals surface area (Å²) < 4.78 is 10.7. The van der Waals surface area contributed by atoms with E-state index in [-0.39, 0.29) is 11.8 Å². The highest BCUT2D eigenvalue weighted by Gasteiger charge is 2.41. The molecule has 0 unspecified atom stereocenters. The molecule has 0 spiro atoms. The number of hydrogen-bond donors (Lipinski definition) is 1. The molecule has 1 fully saturated rings. The summed E-state index contributed by atoms with van der Waals surface area (Å²) in [5.74, 6) is 0.222. The molecule has 1 saturated heterocycles. The van der Waals surface area contributed by atoms with Gasteiger partial charge < -0.3 is 19.4 Å². The third-order valence-corrected chi connectivity index (χ3v) is 6.13. The number of morpholine rings is 1. The maximum Gasteiger partial charge on any atom is 0.277 e.